The van der Waals surface area contributed by atoms with Crippen molar-refractivity contribution in [2.24, 2.45) is 11.7 Å². The summed E-state index contributed by atoms with van der Waals surface area (Å²) in [6, 6.07) is 7.81. The van der Waals surface area contributed by atoms with E-state index in [1.54, 1.807) is 0 Å². The van der Waals surface area contributed by atoms with Gasteiger partial charge in [-0.1, -0.05) is 31.8 Å². The maximum Gasteiger partial charge on any atom is 0.120 e. The summed E-state index contributed by atoms with van der Waals surface area (Å²) in [5.41, 5.74) is 6.37. The first kappa shape index (κ1) is 12.6. The zero-order valence-corrected chi connectivity index (χ0v) is 9.99. The highest BCUT2D eigenvalue weighted by molar-refractivity contribution is 5.39. The third-order valence-electron chi connectivity index (χ3n) is 1.96. The minimum absolute atomic E-state index is 0.531. The molecule has 0 aliphatic heterocycles. The predicted octanol–water partition coefficient (Wildman–Crippen LogP) is 2.42. The minimum atomic E-state index is 0.531. The molecule has 0 aliphatic rings. The summed E-state index contributed by atoms with van der Waals surface area (Å²) in [7, 11) is 0. The Balaban J connectivity index is 2.62. The lowest BCUT2D eigenvalue weighted by atomic mass is 10.1. The third-order valence-corrected chi connectivity index (χ3v) is 1.96. The first-order chi connectivity index (χ1) is 7.72. The van der Waals surface area contributed by atoms with Gasteiger partial charge in [0.1, 0.15) is 12.4 Å². The average Bonchev–Trinajstić information content (AvgIpc) is 2.26. The summed E-state index contributed by atoms with van der Waals surface area (Å²) in [5.74, 6) is 7.74. The second-order valence-corrected chi connectivity index (χ2v) is 4.06. The van der Waals surface area contributed by atoms with Crippen LogP contribution in [0.1, 0.15) is 25.8 Å². The van der Waals surface area contributed by atoms with E-state index in [0.717, 1.165) is 17.7 Å². The lowest BCUT2D eigenvalue weighted by Crippen LogP contribution is -2.10. The highest BCUT2D eigenvalue weighted by atomic mass is 16.5. The van der Waals surface area contributed by atoms with E-state index in [4.69, 9.17) is 10.5 Å². The summed E-state index contributed by atoms with van der Waals surface area (Å²) in [5, 5.41) is 0. The van der Waals surface area contributed by atoms with Crippen LogP contribution in [0.2, 0.25) is 0 Å². The van der Waals surface area contributed by atoms with Crippen molar-refractivity contribution >= 4 is 0 Å². The van der Waals surface area contributed by atoms with Gasteiger partial charge in [0.15, 0.2) is 0 Å². The van der Waals surface area contributed by atoms with E-state index in [0.29, 0.717) is 19.1 Å². The predicted molar refractivity (Wildman–Crippen MR) is 67.3 cm³/mol. The van der Waals surface area contributed by atoms with Crippen LogP contribution in [0.4, 0.5) is 0 Å². The van der Waals surface area contributed by atoms with Crippen LogP contribution in [-0.2, 0) is 0 Å². The van der Waals surface area contributed by atoms with Gasteiger partial charge >= 0.3 is 0 Å². The molecule has 0 fully saturated rings. The second kappa shape index (κ2) is 6.92. The summed E-state index contributed by atoms with van der Waals surface area (Å²) in [6.07, 6.45) is 0.924. The van der Waals surface area contributed by atoms with Crippen LogP contribution in [0.3, 0.4) is 0 Å². The van der Waals surface area contributed by atoms with E-state index in [1.807, 2.05) is 24.3 Å². The number of hydrogen-bond acceptors (Lipinski definition) is 2. The zero-order chi connectivity index (χ0) is 11.8. The van der Waals surface area contributed by atoms with Gasteiger partial charge in [0.2, 0.25) is 0 Å². The SMILES string of the molecule is CC(C)CC#Cc1cccc(OCCN)c1. The van der Waals surface area contributed by atoms with E-state index in [-0.39, 0.29) is 0 Å². The standard InChI is InChI=1S/C14H19NO/c1-12(2)5-3-6-13-7-4-8-14(11-13)16-10-9-15/h4,7-8,11-12H,5,9-10,15H2,1-2H3. The molecule has 0 aliphatic carbocycles. The van der Waals surface area contributed by atoms with Crippen molar-refractivity contribution in [2.75, 3.05) is 13.2 Å². The van der Waals surface area contributed by atoms with Gasteiger partial charge < -0.3 is 10.5 Å². The fourth-order valence-corrected chi connectivity index (χ4v) is 1.20. The molecule has 2 heteroatoms. The van der Waals surface area contributed by atoms with Gasteiger partial charge in [-0.25, -0.2) is 0 Å². The normalized spacial score (nSPS) is 9.75. The van der Waals surface area contributed by atoms with Gasteiger partial charge in [0, 0.05) is 18.5 Å². The second-order valence-electron chi connectivity index (χ2n) is 4.06. The molecule has 0 saturated heterocycles. The molecule has 16 heavy (non-hydrogen) atoms. The molecule has 0 aromatic heterocycles. The van der Waals surface area contributed by atoms with Crippen molar-refractivity contribution in [3.8, 4) is 17.6 Å². The molecule has 1 rings (SSSR count). The monoisotopic (exact) mass is 217 g/mol. The quantitative estimate of drug-likeness (QED) is 0.786. The molecule has 0 unspecified atom stereocenters. The molecule has 0 saturated carbocycles. The first-order valence-electron chi connectivity index (χ1n) is 5.64. The Labute approximate surface area is 97.8 Å². The maximum absolute atomic E-state index is 5.43. The van der Waals surface area contributed by atoms with Gasteiger partial charge in [0.05, 0.1) is 0 Å². The highest BCUT2D eigenvalue weighted by Gasteiger charge is 1.94. The van der Waals surface area contributed by atoms with Gasteiger partial charge in [0.25, 0.3) is 0 Å². The number of nitrogens with two attached hydrogens (primary N) is 1. The topological polar surface area (TPSA) is 35.2 Å². The molecule has 0 heterocycles. The molecule has 1 aromatic rings. The first-order valence-corrected chi connectivity index (χ1v) is 5.64. The van der Waals surface area contributed by atoms with E-state index < -0.39 is 0 Å². The van der Waals surface area contributed by atoms with Crippen LogP contribution in [0.25, 0.3) is 0 Å². The summed E-state index contributed by atoms with van der Waals surface area (Å²) >= 11 is 0. The van der Waals surface area contributed by atoms with E-state index >= 15 is 0 Å². The van der Waals surface area contributed by atoms with E-state index in [2.05, 4.69) is 25.7 Å². The van der Waals surface area contributed by atoms with Crippen LogP contribution in [0.5, 0.6) is 5.75 Å². The van der Waals surface area contributed by atoms with Gasteiger partial charge in [-0.2, -0.15) is 0 Å². The molecule has 0 radical (unpaired) electrons. The maximum atomic E-state index is 5.43. The Kier molecular flexibility index (Phi) is 5.45. The molecule has 2 nitrogen and oxygen atoms in total. The third kappa shape index (κ3) is 4.86. The highest BCUT2D eigenvalue weighted by Crippen LogP contribution is 2.12. The Bertz CT molecular complexity index is 374. The summed E-state index contributed by atoms with van der Waals surface area (Å²) < 4.78 is 5.43. The molecule has 0 atom stereocenters. The number of rotatable bonds is 4. The molecule has 0 amide bonds. The van der Waals surface area contributed by atoms with Crippen molar-refractivity contribution in [2.45, 2.75) is 20.3 Å². The lowest BCUT2D eigenvalue weighted by Gasteiger charge is -2.03. The molecular weight excluding hydrogens is 198 g/mol. The lowest BCUT2D eigenvalue weighted by molar-refractivity contribution is 0.328. The van der Waals surface area contributed by atoms with Gasteiger partial charge in [-0.3, -0.25) is 0 Å². The van der Waals surface area contributed by atoms with E-state index in [1.165, 1.54) is 0 Å². The molecule has 2 N–H and O–H groups in total. The molecule has 1 aromatic carbocycles. The van der Waals surface area contributed by atoms with Crippen LogP contribution >= 0.6 is 0 Å². The Morgan fingerprint density at radius 1 is 1.38 bits per heavy atom. The van der Waals surface area contributed by atoms with Crippen molar-refractivity contribution in [3.63, 3.8) is 0 Å². The zero-order valence-electron chi connectivity index (χ0n) is 9.99. The van der Waals surface area contributed by atoms with Crippen molar-refractivity contribution < 1.29 is 4.74 Å². The minimum Gasteiger partial charge on any atom is -0.492 e. The van der Waals surface area contributed by atoms with Crippen LogP contribution in [0.15, 0.2) is 24.3 Å². The number of ether oxygens (including phenoxy) is 1. The number of hydrogen-bond donors (Lipinski definition) is 1. The van der Waals surface area contributed by atoms with Crippen molar-refractivity contribution in [1.82, 2.24) is 0 Å². The summed E-state index contributed by atoms with van der Waals surface area (Å²) in [4.78, 5) is 0. The Hall–Kier alpha value is -1.46. The van der Waals surface area contributed by atoms with Crippen molar-refractivity contribution in [3.05, 3.63) is 29.8 Å². The summed E-state index contributed by atoms with van der Waals surface area (Å²) in [6.45, 7) is 5.40. The van der Waals surface area contributed by atoms with Gasteiger partial charge in [-0.05, 0) is 24.1 Å². The molecule has 0 bridgehead atoms. The van der Waals surface area contributed by atoms with Gasteiger partial charge in [-0.15, -0.1) is 0 Å². The smallest absolute Gasteiger partial charge is 0.120 e. The fraction of sp³-hybridized carbons (Fsp3) is 0.429. The Morgan fingerprint density at radius 3 is 2.88 bits per heavy atom. The average molecular weight is 217 g/mol. The van der Waals surface area contributed by atoms with Crippen LogP contribution in [0, 0.1) is 17.8 Å². The molecule has 0 spiro atoms. The van der Waals surface area contributed by atoms with Crippen LogP contribution < -0.4 is 10.5 Å². The largest absolute Gasteiger partial charge is 0.492 e. The number of benzene rings is 1. The van der Waals surface area contributed by atoms with E-state index in [9.17, 15) is 0 Å². The van der Waals surface area contributed by atoms with Crippen LogP contribution in [-0.4, -0.2) is 13.2 Å². The molecule has 86 valence electrons. The Morgan fingerprint density at radius 2 is 2.19 bits per heavy atom. The molecular formula is C14H19NO. The fourth-order valence-electron chi connectivity index (χ4n) is 1.20. The van der Waals surface area contributed by atoms with Crippen molar-refractivity contribution in [1.29, 1.82) is 0 Å².